The van der Waals surface area contributed by atoms with Gasteiger partial charge in [0.2, 0.25) is 5.91 Å². The highest BCUT2D eigenvalue weighted by Gasteiger charge is 2.04. The van der Waals surface area contributed by atoms with Gasteiger partial charge in [0.15, 0.2) is 0 Å². The summed E-state index contributed by atoms with van der Waals surface area (Å²) in [5, 5.41) is 13.0. The van der Waals surface area contributed by atoms with E-state index in [2.05, 4.69) is 5.32 Å². The number of amides is 1. The predicted octanol–water partition coefficient (Wildman–Crippen LogP) is 2.67. The summed E-state index contributed by atoms with van der Waals surface area (Å²) < 4.78 is 0. The van der Waals surface area contributed by atoms with Crippen LogP contribution in [0.2, 0.25) is 0 Å². The summed E-state index contributed by atoms with van der Waals surface area (Å²) in [6.45, 7) is 1.85. The molecule has 0 saturated carbocycles. The van der Waals surface area contributed by atoms with Crippen LogP contribution < -0.4 is 5.32 Å². The Balaban J connectivity index is 2.63. The Hall–Kier alpha value is -2.43. The number of nitro benzene ring substituents is 1. The highest BCUT2D eigenvalue weighted by atomic mass is 16.6. The van der Waals surface area contributed by atoms with Crippen molar-refractivity contribution in [2.24, 2.45) is 0 Å². The van der Waals surface area contributed by atoms with E-state index in [1.165, 1.54) is 30.3 Å². The first-order chi connectivity index (χ1) is 8.13. The quantitative estimate of drug-likeness (QED) is 0.375. The molecule has 0 aliphatic heterocycles. The molecule has 88 valence electrons. The zero-order valence-corrected chi connectivity index (χ0v) is 9.29. The van der Waals surface area contributed by atoms with Crippen molar-refractivity contribution in [1.29, 1.82) is 0 Å². The summed E-state index contributed by atoms with van der Waals surface area (Å²) in [5.41, 5.74) is 0.512. The maximum absolute atomic E-state index is 11.3. The third-order valence-corrected chi connectivity index (χ3v) is 1.90. The Morgan fingerprint density at radius 1 is 1.29 bits per heavy atom. The molecule has 1 aromatic carbocycles. The standard InChI is InChI=1S/C12H12N2O3/c1-2-3-4-5-12(15)13-10-6-8-11(9-7-10)14(16)17/h2-9H,1H3,(H,13,15)/b3-2-,5-4+. The predicted molar refractivity (Wildman–Crippen MR) is 65.7 cm³/mol. The molecule has 1 amide bonds. The van der Waals surface area contributed by atoms with Crippen LogP contribution in [0, 0.1) is 10.1 Å². The second-order valence-electron chi connectivity index (χ2n) is 3.18. The Morgan fingerprint density at radius 2 is 1.94 bits per heavy atom. The van der Waals surface area contributed by atoms with Crippen molar-refractivity contribution < 1.29 is 9.72 Å². The lowest BCUT2D eigenvalue weighted by Gasteiger charge is -2.00. The van der Waals surface area contributed by atoms with Gasteiger partial charge < -0.3 is 5.32 Å². The van der Waals surface area contributed by atoms with Gasteiger partial charge in [0.05, 0.1) is 4.92 Å². The molecule has 5 nitrogen and oxygen atoms in total. The summed E-state index contributed by atoms with van der Waals surface area (Å²) in [5.74, 6) is -0.281. The van der Waals surface area contributed by atoms with Crippen molar-refractivity contribution in [3.05, 3.63) is 58.7 Å². The Morgan fingerprint density at radius 3 is 2.47 bits per heavy atom. The molecule has 0 aliphatic carbocycles. The molecule has 5 heteroatoms. The number of non-ortho nitro benzene ring substituents is 1. The minimum atomic E-state index is -0.489. The van der Waals surface area contributed by atoms with Crippen LogP contribution in [0.3, 0.4) is 0 Å². The lowest BCUT2D eigenvalue weighted by atomic mass is 10.3. The fourth-order valence-corrected chi connectivity index (χ4v) is 1.10. The van der Waals surface area contributed by atoms with Crippen molar-refractivity contribution in [2.75, 3.05) is 5.32 Å². The molecular weight excluding hydrogens is 220 g/mol. The molecule has 0 heterocycles. The number of nitrogens with one attached hydrogen (secondary N) is 1. The second-order valence-corrected chi connectivity index (χ2v) is 3.18. The maximum atomic E-state index is 11.3. The highest BCUT2D eigenvalue weighted by molar-refractivity contribution is 5.99. The number of carbonyl (C=O) groups is 1. The molecule has 1 aromatic rings. The maximum Gasteiger partial charge on any atom is 0.269 e. The number of rotatable bonds is 4. The fourth-order valence-electron chi connectivity index (χ4n) is 1.10. The van der Waals surface area contributed by atoms with Crippen LogP contribution in [0.25, 0.3) is 0 Å². The lowest BCUT2D eigenvalue weighted by molar-refractivity contribution is -0.384. The van der Waals surface area contributed by atoms with Crippen molar-refractivity contribution in [2.45, 2.75) is 6.92 Å². The number of allylic oxidation sites excluding steroid dienone is 3. The van der Waals surface area contributed by atoms with E-state index in [4.69, 9.17) is 0 Å². The average Bonchev–Trinajstić information content (AvgIpc) is 2.30. The number of hydrogen-bond acceptors (Lipinski definition) is 3. The van der Waals surface area contributed by atoms with Gasteiger partial charge in [0.1, 0.15) is 0 Å². The van der Waals surface area contributed by atoms with Gasteiger partial charge in [0, 0.05) is 23.9 Å². The van der Waals surface area contributed by atoms with E-state index in [0.717, 1.165) is 0 Å². The van der Waals surface area contributed by atoms with Crippen molar-refractivity contribution >= 4 is 17.3 Å². The van der Waals surface area contributed by atoms with E-state index >= 15 is 0 Å². The van der Waals surface area contributed by atoms with Crippen LogP contribution in [0.5, 0.6) is 0 Å². The van der Waals surface area contributed by atoms with Gasteiger partial charge >= 0.3 is 0 Å². The van der Waals surface area contributed by atoms with E-state index < -0.39 is 4.92 Å². The third kappa shape index (κ3) is 4.29. The first-order valence-corrected chi connectivity index (χ1v) is 4.98. The zero-order valence-electron chi connectivity index (χ0n) is 9.29. The van der Waals surface area contributed by atoms with Gasteiger partial charge in [-0.15, -0.1) is 0 Å². The van der Waals surface area contributed by atoms with Gasteiger partial charge in [-0.25, -0.2) is 0 Å². The molecule has 0 radical (unpaired) electrons. The number of benzene rings is 1. The molecule has 17 heavy (non-hydrogen) atoms. The zero-order chi connectivity index (χ0) is 12.7. The van der Waals surface area contributed by atoms with E-state index in [9.17, 15) is 14.9 Å². The molecule has 0 fully saturated rings. The van der Waals surface area contributed by atoms with Gasteiger partial charge in [-0.3, -0.25) is 14.9 Å². The Labute approximate surface area is 98.6 Å². The summed E-state index contributed by atoms with van der Waals surface area (Å²) in [4.78, 5) is 21.3. The van der Waals surface area contributed by atoms with Crippen LogP contribution in [0.4, 0.5) is 11.4 Å². The average molecular weight is 232 g/mol. The second kappa shape index (κ2) is 6.22. The minimum Gasteiger partial charge on any atom is -0.323 e. The van der Waals surface area contributed by atoms with E-state index in [1.807, 2.05) is 6.92 Å². The molecule has 1 rings (SSSR count). The SMILES string of the molecule is C/C=C\C=C\C(=O)Nc1ccc([N+](=O)[O-])cc1. The number of anilines is 1. The van der Waals surface area contributed by atoms with Gasteiger partial charge in [-0.2, -0.15) is 0 Å². The summed E-state index contributed by atoms with van der Waals surface area (Å²) in [6.07, 6.45) is 6.52. The van der Waals surface area contributed by atoms with Crippen molar-refractivity contribution in [3.63, 3.8) is 0 Å². The van der Waals surface area contributed by atoms with Gasteiger partial charge in [-0.05, 0) is 19.1 Å². The van der Waals surface area contributed by atoms with Crippen LogP contribution in [0.15, 0.2) is 48.6 Å². The molecule has 0 unspecified atom stereocenters. The highest BCUT2D eigenvalue weighted by Crippen LogP contribution is 2.15. The first kappa shape index (κ1) is 12.6. The van der Waals surface area contributed by atoms with Crippen LogP contribution >= 0.6 is 0 Å². The monoisotopic (exact) mass is 232 g/mol. The van der Waals surface area contributed by atoms with E-state index in [0.29, 0.717) is 5.69 Å². The molecule has 0 atom stereocenters. The van der Waals surface area contributed by atoms with Crippen molar-refractivity contribution in [3.8, 4) is 0 Å². The normalized spacial score (nSPS) is 10.9. The molecule has 0 saturated heterocycles. The van der Waals surface area contributed by atoms with Crippen LogP contribution in [-0.4, -0.2) is 10.8 Å². The molecule has 0 spiro atoms. The largest absolute Gasteiger partial charge is 0.323 e. The third-order valence-electron chi connectivity index (χ3n) is 1.90. The number of nitrogens with zero attached hydrogens (tertiary/aromatic N) is 1. The summed E-state index contributed by atoms with van der Waals surface area (Å²) in [7, 11) is 0. The summed E-state index contributed by atoms with van der Waals surface area (Å²) in [6, 6.07) is 5.65. The Kier molecular flexibility index (Phi) is 4.62. The van der Waals surface area contributed by atoms with Gasteiger partial charge in [0.25, 0.3) is 5.69 Å². The van der Waals surface area contributed by atoms with Crippen molar-refractivity contribution in [1.82, 2.24) is 0 Å². The molecule has 1 N–H and O–H groups in total. The van der Waals surface area contributed by atoms with E-state index in [1.54, 1.807) is 18.2 Å². The molecule has 0 bridgehead atoms. The van der Waals surface area contributed by atoms with Crippen LogP contribution in [-0.2, 0) is 4.79 Å². The van der Waals surface area contributed by atoms with Crippen LogP contribution in [0.1, 0.15) is 6.92 Å². The first-order valence-electron chi connectivity index (χ1n) is 4.98. The topological polar surface area (TPSA) is 72.2 Å². The molecule has 0 aromatic heterocycles. The number of carbonyl (C=O) groups excluding carboxylic acids is 1. The molecular formula is C12H12N2O3. The smallest absolute Gasteiger partial charge is 0.269 e. The number of hydrogen-bond donors (Lipinski definition) is 1. The minimum absolute atomic E-state index is 0.00698. The fraction of sp³-hybridized carbons (Fsp3) is 0.0833. The summed E-state index contributed by atoms with van der Waals surface area (Å²) >= 11 is 0. The lowest BCUT2D eigenvalue weighted by Crippen LogP contribution is -2.07. The Bertz CT molecular complexity index is 461. The number of nitro groups is 1. The molecule has 0 aliphatic rings. The van der Waals surface area contributed by atoms with Gasteiger partial charge in [-0.1, -0.05) is 18.2 Å². The van der Waals surface area contributed by atoms with E-state index in [-0.39, 0.29) is 11.6 Å².